The van der Waals surface area contributed by atoms with E-state index in [4.69, 9.17) is 11.6 Å². The van der Waals surface area contributed by atoms with Gasteiger partial charge in [-0.15, -0.1) is 11.3 Å². The van der Waals surface area contributed by atoms with Crippen molar-refractivity contribution in [2.24, 2.45) is 5.92 Å². The van der Waals surface area contributed by atoms with Crippen molar-refractivity contribution >= 4 is 34.6 Å². The number of hydrogen-bond donors (Lipinski definition) is 1. The Hall–Kier alpha value is -1.37. The Morgan fingerprint density at radius 1 is 1.43 bits per heavy atom. The van der Waals surface area contributed by atoms with Gasteiger partial charge in [0.2, 0.25) is 0 Å². The molecule has 0 aliphatic carbocycles. The van der Waals surface area contributed by atoms with Crippen LogP contribution in [-0.4, -0.2) is 41.8 Å². The Morgan fingerprint density at radius 3 is 3.04 bits per heavy atom. The van der Waals surface area contributed by atoms with E-state index in [-0.39, 0.29) is 6.61 Å². The van der Waals surface area contributed by atoms with Gasteiger partial charge in [0.15, 0.2) is 0 Å². The van der Waals surface area contributed by atoms with Gasteiger partial charge in [-0.05, 0) is 30.9 Å². The van der Waals surface area contributed by atoms with Crippen LogP contribution in [0.15, 0.2) is 24.5 Å². The summed E-state index contributed by atoms with van der Waals surface area (Å²) in [7, 11) is 2.02. The molecule has 0 saturated carbocycles. The molecule has 2 aromatic heterocycles. The Balaban J connectivity index is 1.71. The van der Waals surface area contributed by atoms with E-state index < -0.39 is 0 Å². The highest BCUT2D eigenvalue weighted by Gasteiger charge is 2.21. The third-order valence-electron chi connectivity index (χ3n) is 4.15. The Kier molecular flexibility index (Phi) is 5.35. The van der Waals surface area contributed by atoms with E-state index in [0.29, 0.717) is 5.92 Å². The second kappa shape index (κ2) is 7.47. The lowest BCUT2D eigenvalue weighted by Gasteiger charge is -2.33. The minimum absolute atomic E-state index is 0.244. The molecule has 1 atom stereocenters. The topological polar surface area (TPSA) is 52.5 Å². The summed E-state index contributed by atoms with van der Waals surface area (Å²) >= 11 is 7.58. The van der Waals surface area contributed by atoms with Crippen molar-refractivity contribution in [2.75, 3.05) is 36.5 Å². The van der Waals surface area contributed by atoms with Crippen LogP contribution in [0.5, 0.6) is 0 Å². The van der Waals surface area contributed by atoms with Crippen LogP contribution in [0.3, 0.4) is 0 Å². The molecular formula is C16H21ClN4OS. The van der Waals surface area contributed by atoms with Crippen LogP contribution >= 0.6 is 22.9 Å². The van der Waals surface area contributed by atoms with E-state index >= 15 is 0 Å². The molecule has 1 aliphatic heterocycles. The molecule has 0 amide bonds. The molecule has 1 fully saturated rings. The zero-order chi connectivity index (χ0) is 16.2. The first kappa shape index (κ1) is 16.5. The summed E-state index contributed by atoms with van der Waals surface area (Å²) in [5, 5.41) is 9.39. The third-order valence-corrected chi connectivity index (χ3v) is 5.37. The quantitative estimate of drug-likeness (QED) is 0.896. The average Bonchev–Trinajstić information content (AvgIpc) is 3.00. The second-order valence-corrected chi connectivity index (χ2v) is 7.73. The Morgan fingerprint density at radius 2 is 2.30 bits per heavy atom. The molecule has 124 valence electrons. The third kappa shape index (κ3) is 4.13. The van der Waals surface area contributed by atoms with Crippen LogP contribution in [0.1, 0.15) is 17.7 Å². The summed E-state index contributed by atoms with van der Waals surface area (Å²) < 4.78 is 0.806. The van der Waals surface area contributed by atoms with Crippen molar-refractivity contribution in [2.45, 2.75) is 19.4 Å². The van der Waals surface area contributed by atoms with E-state index in [1.807, 2.05) is 25.2 Å². The Labute approximate surface area is 145 Å². The number of aliphatic hydroxyl groups is 1. The SMILES string of the molecule is CN(Cc1ccc(Cl)s1)c1cc(N2CCCC(CO)C2)ncn1. The molecule has 1 aliphatic rings. The normalized spacial score (nSPS) is 18.2. The first-order valence-corrected chi connectivity index (χ1v) is 8.98. The first-order valence-electron chi connectivity index (χ1n) is 7.79. The van der Waals surface area contributed by atoms with E-state index in [0.717, 1.165) is 48.4 Å². The molecule has 23 heavy (non-hydrogen) atoms. The van der Waals surface area contributed by atoms with Crippen LogP contribution in [-0.2, 0) is 6.54 Å². The van der Waals surface area contributed by atoms with Gasteiger partial charge in [-0.25, -0.2) is 9.97 Å². The number of nitrogens with zero attached hydrogens (tertiary/aromatic N) is 4. The zero-order valence-corrected chi connectivity index (χ0v) is 14.7. The van der Waals surface area contributed by atoms with E-state index in [9.17, 15) is 5.11 Å². The van der Waals surface area contributed by atoms with Gasteiger partial charge in [0.05, 0.1) is 10.9 Å². The fourth-order valence-corrected chi connectivity index (χ4v) is 4.03. The van der Waals surface area contributed by atoms with Gasteiger partial charge in [0.25, 0.3) is 0 Å². The number of piperidine rings is 1. The van der Waals surface area contributed by atoms with Crippen molar-refractivity contribution in [3.8, 4) is 0 Å². The molecule has 0 aromatic carbocycles. The highest BCUT2D eigenvalue weighted by atomic mass is 35.5. The van der Waals surface area contributed by atoms with E-state index in [1.165, 1.54) is 4.88 Å². The fraction of sp³-hybridized carbons (Fsp3) is 0.500. The number of aromatic nitrogens is 2. The predicted octanol–water partition coefficient (Wildman–Crippen LogP) is 3.04. The van der Waals surface area contributed by atoms with Crippen LogP contribution < -0.4 is 9.80 Å². The summed E-state index contributed by atoms with van der Waals surface area (Å²) in [4.78, 5) is 14.3. The summed E-state index contributed by atoms with van der Waals surface area (Å²) in [6, 6.07) is 5.99. The summed E-state index contributed by atoms with van der Waals surface area (Å²) in [5.41, 5.74) is 0. The molecule has 3 heterocycles. The minimum Gasteiger partial charge on any atom is -0.396 e. The highest BCUT2D eigenvalue weighted by Crippen LogP contribution is 2.26. The van der Waals surface area contributed by atoms with E-state index in [1.54, 1.807) is 17.7 Å². The lowest BCUT2D eigenvalue weighted by molar-refractivity contribution is 0.208. The summed E-state index contributed by atoms with van der Waals surface area (Å²) in [6.07, 6.45) is 3.79. The second-order valence-electron chi connectivity index (χ2n) is 5.93. The lowest BCUT2D eigenvalue weighted by Crippen LogP contribution is -2.37. The largest absolute Gasteiger partial charge is 0.396 e. The molecular weight excluding hydrogens is 332 g/mol. The van der Waals surface area contributed by atoms with Gasteiger partial charge in [0.1, 0.15) is 18.0 Å². The van der Waals surface area contributed by atoms with E-state index in [2.05, 4.69) is 19.8 Å². The van der Waals surface area contributed by atoms with Crippen LogP contribution in [0.4, 0.5) is 11.6 Å². The van der Waals surface area contributed by atoms with Gasteiger partial charge in [-0.3, -0.25) is 0 Å². The van der Waals surface area contributed by atoms with Crippen molar-refractivity contribution in [1.29, 1.82) is 0 Å². The van der Waals surface area contributed by atoms with Gasteiger partial charge >= 0.3 is 0 Å². The minimum atomic E-state index is 0.244. The lowest BCUT2D eigenvalue weighted by atomic mass is 9.99. The van der Waals surface area contributed by atoms with Crippen molar-refractivity contribution in [1.82, 2.24) is 9.97 Å². The summed E-state index contributed by atoms with van der Waals surface area (Å²) in [6.45, 7) is 2.86. The number of anilines is 2. The molecule has 1 N–H and O–H groups in total. The standard InChI is InChI=1S/C16H21ClN4OS/c1-20(9-13-4-5-14(17)23-13)15-7-16(19-11-18-15)21-6-2-3-12(8-21)10-22/h4-5,7,11-12,22H,2-3,6,8-10H2,1H3. The maximum atomic E-state index is 9.39. The Bertz CT molecular complexity index is 651. The zero-order valence-electron chi connectivity index (χ0n) is 13.2. The monoisotopic (exact) mass is 352 g/mol. The predicted molar refractivity (Wildman–Crippen MR) is 95.5 cm³/mol. The number of rotatable bonds is 5. The molecule has 5 nitrogen and oxygen atoms in total. The van der Waals surface area contributed by atoms with Crippen LogP contribution in [0.2, 0.25) is 4.34 Å². The molecule has 0 radical (unpaired) electrons. The molecule has 2 aromatic rings. The van der Waals surface area contributed by atoms with Gasteiger partial charge in [-0.2, -0.15) is 0 Å². The number of hydrogen-bond acceptors (Lipinski definition) is 6. The van der Waals surface area contributed by atoms with Gasteiger partial charge < -0.3 is 14.9 Å². The maximum absolute atomic E-state index is 9.39. The van der Waals surface area contributed by atoms with Gasteiger partial charge in [-0.1, -0.05) is 11.6 Å². The van der Waals surface area contributed by atoms with Crippen LogP contribution in [0, 0.1) is 5.92 Å². The molecule has 7 heteroatoms. The molecule has 3 rings (SSSR count). The van der Waals surface area contributed by atoms with Crippen molar-refractivity contribution < 1.29 is 5.11 Å². The van der Waals surface area contributed by atoms with Crippen LogP contribution in [0.25, 0.3) is 0 Å². The fourth-order valence-electron chi connectivity index (χ4n) is 2.89. The molecule has 0 bridgehead atoms. The number of aliphatic hydroxyl groups excluding tert-OH is 1. The molecule has 0 spiro atoms. The van der Waals surface area contributed by atoms with Gasteiger partial charge in [0, 0.05) is 37.7 Å². The number of thiophene rings is 1. The molecule has 1 saturated heterocycles. The maximum Gasteiger partial charge on any atom is 0.134 e. The van der Waals surface area contributed by atoms with Crippen molar-refractivity contribution in [3.05, 3.63) is 33.7 Å². The average molecular weight is 353 g/mol. The number of halogens is 1. The first-order chi connectivity index (χ1) is 11.2. The molecule has 1 unspecified atom stereocenters. The smallest absolute Gasteiger partial charge is 0.134 e. The van der Waals surface area contributed by atoms with Crippen molar-refractivity contribution in [3.63, 3.8) is 0 Å². The highest BCUT2D eigenvalue weighted by molar-refractivity contribution is 7.16. The summed E-state index contributed by atoms with van der Waals surface area (Å²) in [5.74, 6) is 2.17.